The second kappa shape index (κ2) is 7.49. The summed E-state index contributed by atoms with van der Waals surface area (Å²) in [6.07, 6.45) is 2.72. The fraction of sp³-hybridized carbons (Fsp3) is 0.350. The van der Waals surface area contributed by atoms with Crippen LogP contribution in [-0.2, 0) is 4.79 Å². The van der Waals surface area contributed by atoms with Crippen molar-refractivity contribution in [1.29, 1.82) is 0 Å². The molecule has 3 rings (SSSR count). The maximum Gasteiger partial charge on any atom is 0.320 e. The summed E-state index contributed by atoms with van der Waals surface area (Å²) in [5, 5.41) is 9.74. The first-order valence-corrected chi connectivity index (χ1v) is 9.17. The van der Waals surface area contributed by atoms with E-state index in [-0.39, 0.29) is 6.04 Å². The SMILES string of the molecule is Cc1ccccc1C(c1ccccc1Br)N1CCCCC1C(=O)O. The number of nitrogens with zero attached hydrogens (tertiary/aromatic N) is 1. The summed E-state index contributed by atoms with van der Waals surface area (Å²) < 4.78 is 1.02. The lowest BCUT2D eigenvalue weighted by atomic mass is 9.89. The van der Waals surface area contributed by atoms with Crippen LogP contribution in [0.1, 0.15) is 42.0 Å². The molecule has 2 unspecified atom stereocenters. The van der Waals surface area contributed by atoms with Crippen LogP contribution < -0.4 is 0 Å². The Morgan fingerprint density at radius 1 is 1.12 bits per heavy atom. The van der Waals surface area contributed by atoms with Gasteiger partial charge in [-0.1, -0.05) is 64.8 Å². The average molecular weight is 388 g/mol. The van der Waals surface area contributed by atoms with Crippen molar-refractivity contribution < 1.29 is 9.90 Å². The highest BCUT2D eigenvalue weighted by molar-refractivity contribution is 9.10. The normalized spacial score (nSPS) is 19.8. The Morgan fingerprint density at radius 3 is 2.46 bits per heavy atom. The van der Waals surface area contributed by atoms with Crippen LogP contribution in [0, 0.1) is 6.92 Å². The zero-order valence-electron chi connectivity index (χ0n) is 13.8. The number of halogens is 1. The van der Waals surface area contributed by atoms with Gasteiger partial charge >= 0.3 is 5.97 Å². The molecule has 0 bridgehead atoms. The van der Waals surface area contributed by atoms with Crippen LogP contribution in [-0.4, -0.2) is 28.6 Å². The van der Waals surface area contributed by atoms with Crippen molar-refractivity contribution in [2.24, 2.45) is 0 Å². The molecule has 1 aliphatic rings. The fourth-order valence-electron chi connectivity index (χ4n) is 3.64. The van der Waals surface area contributed by atoms with E-state index in [0.717, 1.165) is 29.4 Å². The van der Waals surface area contributed by atoms with Crippen molar-refractivity contribution in [3.05, 3.63) is 69.7 Å². The van der Waals surface area contributed by atoms with Crippen molar-refractivity contribution >= 4 is 21.9 Å². The summed E-state index contributed by atoms with van der Waals surface area (Å²) in [6.45, 7) is 2.90. The summed E-state index contributed by atoms with van der Waals surface area (Å²) in [7, 11) is 0. The van der Waals surface area contributed by atoms with Crippen LogP contribution in [0.2, 0.25) is 0 Å². The molecule has 0 saturated carbocycles. The number of likely N-dealkylation sites (tertiary alicyclic amines) is 1. The molecule has 0 aliphatic carbocycles. The third kappa shape index (κ3) is 3.40. The molecule has 1 aliphatic heterocycles. The van der Waals surface area contributed by atoms with Crippen LogP contribution in [0.4, 0.5) is 0 Å². The van der Waals surface area contributed by atoms with E-state index >= 15 is 0 Å². The molecule has 4 heteroatoms. The Hall–Kier alpha value is -1.65. The number of carboxylic acids is 1. The Kier molecular flexibility index (Phi) is 5.36. The van der Waals surface area contributed by atoms with E-state index in [0.29, 0.717) is 6.42 Å². The molecule has 0 aromatic heterocycles. The third-order valence-corrected chi connectivity index (χ3v) is 5.57. The molecule has 2 aromatic rings. The van der Waals surface area contributed by atoms with Gasteiger partial charge in [0.15, 0.2) is 0 Å². The Morgan fingerprint density at radius 2 is 1.79 bits per heavy atom. The minimum atomic E-state index is -0.722. The molecule has 1 saturated heterocycles. The molecule has 0 radical (unpaired) electrons. The van der Waals surface area contributed by atoms with Gasteiger partial charge in [-0.15, -0.1) is 0 Å². The highest BCUT2D eigenvalue weighted by Gasteiger charge is 2.36. The van der Waals surface area contributed by atoms with Crippen molar-refractivity contribution in [3.63, 3.8) is 0 Å². The van der Waals surface area contributed by atoms with E-state index in [1.807, 2.05) is 30.3 Å². The van der Waals surface area contributed by atoms with E-state index < -0.39 is 12.0 Å². The zero-order chi connectivity index (χ0) is 17.1. The van der Waals surface area contributed by atoms with E-state index in [1.54, 1.807) is 0 Å². The van der Waals surface area contributed by atoms with Crippen molar-refractivity contribution in [2.45, 2.75) is 38.3 Å². The first kappa shape index (κ1) is 17.2. The lowest BCUT2D eigenvalue weighted by Gasteiger charge is -2.40. The molecule has 2 atom stereocenters. The predicted molar refractivity (Wildman–Crippen MR) is 99.1 cm³/mol. The zero-order valence-corrected chi connectivity index (χ0v) is 15.4. The van der Waals surface area contributed by atoms with Gasteiger partial charge in [-0.3, -0.25) is 9.69 Å². The number of aryl methyl sites for hydroxylation is 1. The average Bonchev–Trinajstić information content (AvgIpc) is 2.59. The lowest BCUT2D eigenvalue weighted by Crippen LogP contribution is -2.47. The van der Waals surface area contributed by atoms with Gasteiger partial charge in [-0.2, -0.15) is 0 Å². The Labute approximate surface area is 151 Å². The van der Waals surface area contributed by atoms with Crippen LogP contribution in [0.15, 0.2) is 53.0 Å². The van der Waals surface area contributed by atoms with E-state index in [4.69, 9.17) is 0 Å². The van der Waals surface area contributed by atoms with Gasteiger partial charge in [0.2, 0.25) is 0 Å². The quantitative estimate of drug-likeness (QED) is 0.819. The van der Waals surface area contributed by atoms with Crippen LogP contribution >= 0.6 is 15.9 Å². The number of carbonyl (C=O) groups is 1. The van der Waals surface area contributed by atoms with Gasteiger partial charge in [0.1, 0.15) is 6.04 Å². The second-order valence-electron chi connectivity index (χ2n) is 6.37. The first-order chi connectivity index (χ1) is 11.6. The summed E-state index contributed by atoms with van der Waals surface area (Å²) in [6, 6.07) is 15.9. The van der Waals surface area contributed by atoms with Crippen molar-refractivity contribution in [1.82, 2.24) is 4.90 Å². The summed E-state index contributed by atoms with van der Waals surface area (Å²) in [5.41, 5.74) is 3.49. The van der Waals surface area contributed by atoms with Crippen molar-refractivity contribution in [2.75, 3.05) is 6.54 Å². The molecule has 24 heavy (non-hydrogen) atoms. The molecule has 0 spiro atoms. The summed E-state index contributed by atoms with van der Waals surface area (Å²) >= 11 is 3.67. The number of hydrogen-bond donors (Lipinski definition) is 1. The molecule has 1 fully saturated rings. The number of hydrogen-bond acceptors (Lipinski definition) is 2. The topological polar surface area (TPSA) is 40.5 Å². The molecular formula is C20H22BrNO2. The van der Waals surface area contributed by atoms with E-state index in [2.05, 4.69) is 46.0 Å². The molecule has 0 amide bonds. The van der Waals surface area contributed by atoms with Crippen molar-refractivity contribution in [3.8, 4) is 0 Å². The van der Waals surface area contributed by atoms with Crippen LogP contribution in [0.5, 0.6) is 0 Å². The molecule has 3 nitrogen and oxygen atoms in total. The molecular weight excluding hydrogens is 366 g/mol. The van der Waals surface area contributed by atoms with Crippen LogP contribution in [0.3, 0.4) is 0 Å². The summed E-state index contributed by atoms with van der Waals surface area (Å²) in [5.74, 6) is -0.722. The maximum atomic E-state index is 11.8. The lowest BCUT2D eigenvalue weighted by molar-refractivity contribution is -0.145. The third-order valence-electron chi connectivity index (χ3n) is 4.84. The Bertz CT molecular complexity index is 686. The standard InChI is InChI=1S/C20H22BrNO2/c1-14-8-2-3-9-15(14)19(16-10-4-5-11-17(16)21)22-13-7-6-12-18(22)20(23)24/h2-5,8-11,18-19H,6-7,12-13H2,1H3,(H,23,24). The molecule has 1 N–H and O–H groups in total. The van der Waals surface area contributed by atoms with Gasteiger partial charge in [0.25, 0.3) is 0 Å². The minimum absolute atomic E-state index is 0.0526. The van der Waals surface area contributed by atoms with Gasteiger partial charge in [0, 0.05) is 4.47 Å². The summed E-state index contributed by atoms with van der Waals surface area (Å²) in [4.78, 5) is 14.0. The highest BCUT2D eigenvalue weighted by atomic mass is 79.9. The van der Waals surface area contributed by atoms with Gasteiger partial charge in [0.05, 0.1) is 6.04 Å². The number of piperidine rings is 1. The van der Waals surface area contributed by atoms with Gasteiger partial charge in [-0.05, 0) is 49.1 Å². The molecule has 2 aromatic carbocycles. The highest BCUT2D eigenvalue weighted by Crippen LogP contribution is 2.38. The van der Waals surface area contributed by atoms with Gasteiger partial charge in [-0.25, -0.2) is 0 Å². The van der Waals surface area contributed by atoms with E-state index in [9.17, 15) is 9.90 Å². The van der Waals surface area contributed by atoms with Crippen LogP contribution in [0.25, 0.3) is 0 Å². The number of rotatable bonds is 4. The monoisotopic (exact) mass is 387 g/mol. The smallest absolute Gasteiger partial charge is 0.320 e. The Balaban J connectivity index is 2.13. The fourth-order valence-corrected chi connectivity index (χ4v) is 4.14. The van der Waals surface area contributed by atoms with E-state index in [1.165, 1.54) is 11.1 Å². The minimum Gasteiger partial charge on any atom is -0.480 e. The maximum absolute atomic E-state index is 11.8. The molecule has 1 heterocycles. The number of carboxylic acid groups (broad SMARTS) is 1. The second-order valence-corrected chi connectivity index (χ2v) is 7.22. The molecule has 126 valence electrons. The first-order valence-electron chi connectivity index (χ1n) is 8.38. The number of aliphatic carboxylic acids is 1. The van der Waals surface area contributed by atoms with Gasteiger partial charge < -0.3 is 5.11 Å². The predicted octanol–water partition coefficient (Wildman–Crippen LogP) is 4.79. The number of benzene rings is 2. The largest absolute Gasteiger partial charge is 0.480 e.